The van der Waals surface area contributed by atoms with E-state index in [0.717, 1.165) is 45.2 Å². The van der Waals surface area contributed by atoms with Gasteiger partial charge in [0.15, 0.2) is 0 Å². The van der Waals surface area contributed by atoms with Crippen molar-refractivity contribution in [3.05, 3.63) is 35.4 Å². The van der Waals surface area contributed by atoms with E-state index in [-0.39, 0.29) is 18.1 Å². The van der Waals surface area contributed by atoms with Gasteiger partial charge in [-0.1, -0.05) is 24.3 Å². The summed E-state index contributed by atoms with van der Waals surface area (Å²) >= 11 is 0. The third-order valence-corrected chi connectivity index (χ3v) is 5.27. The minimum Gasteiger partial charge on any atom is -0.389 e. The second kappa shape index (κ2) is 8.79. The number of carbonyl (C=O) groups is 1. The minimum atomic E-state index is -0.466. The maximum Gasteiger partial charge on any atom is 0.217 e. The van der Waals surface area contributed by atoms with Crippen LogP contribution in [-0.4, -0.2) is 54.3 Å². The molecule has 1 amide bonds. The number of hydrogen-bond acceptors (Lipinski definition) is 4. The molecule has 0 spiro atoms. The van der Waals surface area contributed by atoms with Crippen LogP contribution in [0.4, 0.5) is 0 Å². The molecule has 0 saturated carbocycles. The van der Waals surface area contributed by atoms with Crippen molar-refractivity contribution < 1.29 is 14.6 Å². The second-order valence-electron chi connectivity index (χ2n) is 7.34. The monoisotopic (exact) mass is 346 g/mol. The summed E-state index contributed by atoms with van der Waals surface area (Å²) in [5.74, 6) is 0.0413. The highest BCUT2D eigenvalue weighted by Crippen LogP contribution is 2.32. The van der Waals surface area contributed by atoms with E-state index >= 15 is 0 Å². The number of carbonyl (C=O) groups excluding carboxylic acids is 1. The first-order chi connectivity index (χ1) is 12.1. The number of aliphatic hydroxyl groups is 1. The van der Waals surface area contributed by atoms with Crippen molar-refractivity contribution in [3.63, 3.8) is 0 Å². The number of nitrogens with zero attached hydrogens (tertiary/aromatic N) is 1. The molecular formula is C20H30N2O3. The first-order valence-corrected chi connectivity index (χ1v) is 9.48. The highest BCUT2D eigenvalue weighted by atomic mass is 16.5. The highest BCUT2D eigenvalue weighted by molar-refractivity contribution is 5.73. The number of aryl methyl sites for hydroxylation is 1. The van der Waals surface area contributed by atoms with Crippen LogP contribution in [0.5, 0.6) is 0 Å². The van der Waals surface area contributed by atoms with Gasteiger partial charge in [0.2, 0.25) is 5.91 Å². The van der Waals surface area contributed by atoms with Gasteiger partial charge >= 0.3 is 0 Å². The van der Waals surface area contributed by atoms with E-state index in [9.17, 15) is 9.90 Å². The molecule has 0 radical (unpaired) electrons. The third-order valence-electron chi connectivity index (χ3n) is 5.27. The molecule has 1 aromatic carbocycles. The number of aliphatic hydroxyl groups excluding tert-OH is 1. The molecule has 1 fully saturated rings. The molecule has 5 nitrogen and oxygen atoms in total. The van der Waals surface area contributed by atoms with Crippen molar-refractivity contribution in [1.29, 1.82) is 0 Å². The normalized spacial score (nSPS) is 23.0. The summed E-state index contributed by atoms with van der Waals surface area (Å²) in [7, 11) is 0. The Morgan fingerprint density at radius 3 is 2.84 bits per heavy atom. The number of likely N-dealkylation sites (tertiary alicyclic amines) is 1. The molecule has 2 N–H and O–H groups in total. The molecule has 1 saturated heterocycles. The maximum atomic E-state index is 11.1. The molecule has 1 aromatic rings. The van der Waals surface area contributed by atoms with Crippen LogP contribution in [-0.2, 0) is 16.0 Å². The molecule has 2 atom stereocenters. The SMILES string of the molecule is CC(=O)NC1CCN(CC(O)COC2CCCc3ccccc32)CC1. The molecule has 138 valence electrons. The fourth-order valence-corrected chi connectivity index (χ4v) is 4.01. The van der Waals surface area contributed by atoms with Gasteiger partial charge in [0.1, 0.15) is 0 Å². The van der Waals surface area contributed by atoms with Gasteiger partial charge in [-0.2, -0.15) is 0 Å². The van der Waals surface area contributed by atoms with Crippen LogP contribution in [0.1, 0.15) is 49.8 Å². The number of hydrogen-bond donors (Lipinski definition) is 2. The maximum absolute atomic E-state index is 11.1. The lowest BCUT2D eigenvalue weighted by atomic mass is 9.89. The van der Waals surface area contributed by atoms with Gasteiger partial charge in [-0.3, -0.25) is 4.79 Å². The van der Waals surface area contributed by atoms with E-state index in [1.54, 1.807) is 6.92 Å². The average Bonchev–Trinajstić information content (AvgIpc) is 2.61. The third kappa shape index (κ3) is 5.27. The molecule has 3 rings (SSSR count). The van der Waals surface area contributed by atoms with Crippen LogP contribution >= 0.6 is 0 Å². The van der Waals surface area contributed by atoms with Crippen molar-refractivity contribution in [2.45, 2.75) is 57.3 Å². The quantitative estimate of drug-likeness (QED) is 0.827. The summed E-state index contributed by atoms with van der Waals surface area (Å²) in [6.07, 6.45) is 4.85. The topological polar surface area (TPSA) is 61.8 Å². The summed E-state index contributed by atoms with van der Waals surface area (Å²) in [6.45, 7) is 4.41. The Balaban J connectivity index is 1.41. The molecule has 0 aromatic heterocycles. The Morgan fingerprint density at radius 2 is 2.08 bits per heavy atom. The summed E-state index contributed by atoms with van der Waals surface area (Å²) in [6, 6.07) is 8.76. The molecule has 1 aliphatic heterocycles. The summed E-state index contributed by atoms with van der Waals surface area (Å²) in [4.78, 5) is 13.4. The molecule has 2 unspecified atom stereocenters. The van der Waals surface area contributed by atoms with Crippen LogP contribution in [0.2, 0.25) is 0 Å². The van der Waals surface area contributed by atoms with Crippen molar-refractivity contribution in [2.24, 2.45) is 0 Å². The molecule has 1 heterocycles. The number of nitrogens with one attached hydrogen (secondary N) is 1. The van der Waals surface area contributed by atoms with Crippen molar-refractivity contribution >= 4 is 5.91 Å². The van der Waals surface area contributed by atoms with Gasteiger partial charge in [-0.15, -0.1) is 0 Å². The number of β-amino-alcohol motifs (C(OH)–C–C–N with tert-alkyl or cyclic N) is 1. The van der Waals surface area contributed by atoms with Crippen molar-refractivity contribution in [1.82, 2.24) is 10.2 Å². The Morgan fingerprint density at radius 1 is 1.32 bits per heavy atom. The second-order valence-corrected chi connectivity index (χ2v) is 7.34. The number of fused-ring (bicyclic) bond motifs is 1. The lowest BCUT2D eigenvalue weighted by Gasteiger charge is -2.33. The Kier molecular flexibility index (Phi) is 6.45. The number of amides is 1. The van der Waals surface area contributed by atoms with E-state index in [0.29, 0.717) is 13.2 Å². The molecule has 0 bridgehead atoms. The van der Waals surface area contributed by atoms with Crippen LogP contribution in [0.25, 0.3) is 0 Å². The average molecular weight is 346 g/mol. The Bertz CT molecular complexity index is 570. The summed E-state index contributed by atoms with van der Waals surface area (Å²) in [5, 5.41) is 13.3. The van der Waals surface area contributed by atoms with E-state index in [1.165, 1.54) is 11.1 Å². The number of rotatable bonds is 6. The molecule has 1 aliphatic carbocycles. The van der Waals surface area contributed by atoms with Gasteiger partial charge < -0.3 is 20.1 Å². The Labute approximate surface area is 150 Å². The fourth-order valence-electron chi connectivity index (χ4n) is 4.01. The molecule has 2 aliphatic rings. The van der Waals surface area contributed by atoms with Gasteiger partial charge in [0.05, 0.1) is 18.8 Å². The molecule has 5 heteroatoms. The lowest BCUT2D eigenvalue weighted by molar-refractivity contribution is -0.120. The van der Waals surface area contributed by atoms with Crippen molar-refractivity contribution in [3.8, 4) is 0 Å². The molecular weight excluding hydrogens is 316 g/mol. The van der Waals surface area contributed by atoms with Gasteiger partial charge in [-0.05, 0) is 43.2 Å². The number of piperidine rings is 1. The van der Waals surface area contributed by atoms with Gasteiger partial charge in [0, 0.05) is 32.6 Å². The van der Waals surface area contributed by atoms with E-state index in [4.69, 9.17) is 4.74 Å². The fraction of sp³-hybridized carbons (Fsp3) is 0.650. The predicted octanol–water partition coefficient (Wildman–Crippen LogP) is 2.04. The lowest BCUT2D eigenvalue weighted by Crippen LogP contribution is -2.46. The zero-order valence-electron chi connectivity index (χ0n) is 15.1. The van der Waals surface area contributed by atoms with Crippen LogP contribution in [0, 0.1) is 0 Å². The van der Waals surface area contributed by atoms with E-state index < -0.39 is 6.10 Å². The highest BCUT2D eigenvalue weighted by Gasteiger charge is 2.24. The summed E-state index contributed by atoms with van der Waals surface area (Å²) < 4.78 is 6.05. The van der Waals surface area contributed by atoms with Gasteiger partial charge in [-0.25, -0.2) is 0 Å². The first kappa shape index (κ1) is 18.4. The Hall–Kier alpha value is -1.43. The zero-order valence-corrected chi connectivity index (χ0v) is 15.1. The molecule has 25 heavy (non-hydrogen) atoms. The van der Waals surface area contributed by atoms with E-state index in [1.807, 2.05) is 0 Å². The first-order valence-electron chi connectivity index (χ1n) is 9.48. The van der Waals surface area contributed by atoms with Crippen LogP contribution in [0.15, 0.2) is 24.3 Å². The van der Waals surface area contributed by atoms with E-state index in [2.05, 4.69) is 34.5 Å². The zero-order chi connectivity index (χ0) is 17.6. The number of ether oxygens (including phenoxy) is 1. The minimum absolute atomic E-state index is 0.0413. The van der Waals surface area contributed by atoms with Crippen LogP contribution < -0.4 is 5.32 Å². The smallest absolute Gasteiger partial charge is 0.217 e. The number of benzene rings is 1. The van der Waals surface area contributed by atoms with Crippen molar-refractivity contribution in [2.75, 3.05) is 26.2 Å². The largest absolute Gasteiger partial charge is 0.389 e. The van der Waals surface area contributed by atoms with Crippen LogP contribution in [0.3, 0.4) is 0 Å². The standard InChI is InChI=1S/C20H30N2O3/c1-15(23)21-17-9-11-22(12-10-17)13-18(24)14-25-20-8-4-6-16-5-2-3-7-19(16)20/h2-3,5,7,17-18,20,24H,4,6,8-14H2,1H3,(H,21,23). The predicted molar refractivity (Wildman–Crippen MR) is 97.4 cm³/mol. The summed E-state index contributed by atoms with van der Waals surface area (Å²) in [5.41, 5.74) is 2.67. The van der Waals surface area contributed by atoms with Gasteiger partial charge in [0.25, 0.3) is 0 Å².